The van der Waals surface area contributed by atoms with Gasteiger partial charge in [0.15, 0.2) is 17.5 Å². The maximum Gasteiger partial charge on any atom is 0.202 e. The average molecular weight is 578 g/mol. The minimum Gasteiger partial charge on any atom is -0.365 e. The van der Waals surface area contributed by atoms with Crippen LogP contribution in [0.15, 0.2) is 30.5 Å². The van der Waals surface area contributed by atoms with Crippen LogP contribution in [0.4, 0.5) is 20.3 Å². The number of amidine groups is 1. The smallest absolute Gasteiger partial charge is 0.202 e. The number of aromatic nitrogens is 2. The van der Waals surface area contributed by atoms with E-state index in [1.54, 1.807) is 28.9 Å². The van der Waals surface area contributed by atoms with Crippen molar-refractivity contribution in [2.45, 2.75) is 6.42 Å². The molecule has 0 fully saturated rings. The molecule has 0 spiro atoms. The molecule has 0 bridgehead atoms. The lowest BCUT2D eigenvalue weighted by molar-refractivity contribution is 0.308. The fraction of sp³-hybridized carbons (Fsp3) is 0.308. The van der Waals surface area contributed by atoms with Crippen LogP contribution in [-0.4, -0.2) is 39.5 Å². The van der Waals surface area contributed by atoms with Crippen LogP contribution in [0.3, 0.4) is 0 Å². The van der Waals surface area contributed by atoms with Crippen LogP contribution in [0, 0.1) is 10.6 Å². The minimum atomic E-state index is -3.37. The van der Waals surface area contributed by atoms with Gasteiger partial charge in [0.25, 0.3) is 0 Å². The van der Waals surface area contributed by atoms with Gasteiger partial charge in [-0.3, -0.25) is 0 Å². The molecule has 14 heteroatoms. The van der Waals surface area contributed by atoms with E-state index >= 15 is 0 Å². The number of alkyl halides is 1. The second-order valence-corrected chi connectivity index (χ2v) is 8.30. The summed E-state index contributed by atoms with van der Waals surface area (Å²) in [7, 11) is -3.37. The van der Waals surface area contributed by atoms with Gasteiger partial charge in [-0.1, -0.05) is 0 Å². The standard InChI is InChI=1S/C13H15BrF2IN7O2S/c14-9-6-8(2-3-10(9)16)21-13(22-17)11-12(24-26-23-11)19-4-1-5-20-27(18,25)7-15/h2-3,6H,1,4-5,7H2,(H,19,24)(H,21,22)(H2,18,20,25). The first-order chi connectivity index (χ1) is 12.9. The molecule has 27 heavy (non-hydrogen) atoms. The fourth-order valence-corrected chi connectivity index (χ4v) is 3.14. The first-order valence-corrected chi connectivity index (χ1v) is 10.9. The summed E-state index contributed by atoms with van der Waals surface area (Å²) in [6, 6.07) is 3.15. The summed E-state index contributed by atoms with van der Waals surface area (Å²) >= 11 is 4.89. The van der Waals surface area contributed by atoms with Gasteiger partial charge in [0.1, 0.15) is 15.7 Å². The van der Waals surface area contributed by atoms with E-state index in [1.165, 1.54) is 12.1 Å². The number of benzene rings is 1. The summed E-state index contributed by atoms with van der Waals surface area (Å²) in [6.45, 7) is 0.571. The summed E-state index contributed by atoms with van der Waals surface area (Å²) in [4.78, 5) is 0. The summed E-state index contributed by atoms with van der Waals surface area (Å²) in [5.41, 5.74) is 0.888. The van der Waals surface area contributed by atoms with Gasteiger partial charge in [-0.2, -0.15) is 3.21 Å². The lowest BCUT2D eigenvalue weighted by Gasteiger charge is -2.09. The highest BCUT2D eigenvalue weighted by Crippen LogP contribution is 2.21. The molecule has 1 aromatic carbocycles. The second kappa shape index (κ2) is 10.2. The van der Waals surface area contributed by atoms with Gasteiger partial charge in [0.2, 0.25) is 5.82 Å². The summed E-state index contributed by atoms with van der Waals surface area (Å²) in [6.07, 6.45) is 0.456. The van der Waals surface area contributed by atoms with Gasteiger partial charge < -0.3 is 10.6 Å². The van der Waals surface area contributed by atoms with Crippen molar-refractivity contribution >= 4 is 66.1 Å². The maximum atomic E-state index is 13.3. The Hall–Kier alpha value is -1.39. The Bertz CT molecular complexity index is 910. The zero-order chi connectivity index (χ0) is 19.9. The van der Waals surface area contributed by atoms with E-state index in [0.29, 0.717) is 40.5 Å². The number of hydrogen-bond acceptors (Lipinski definition) is 7. The molecule has 0 aliphatic carbocycles. The molecule has 2 rings (SSSR count). The molecule has 0 aliphatic rings. The van der Waals surface area contributed by atoms with Crippen LogP contribution in [0.5, 0.6) is 0 Å². The van der Waals surface area contributed by atoms with Gasteiger partial charge in [-0.05, 0) is 50.9 Å². The van der Waals surface area contributed by atoms with Gasteiger partial charge >= 0.3 is 0 Å². The maximum absolute atomic E-state index is 13.3. The Kier molecular flexibility index (Phi) is 8.30. The van der Waals surface area contributed by atoms with Gasteiger partial charge in [-0.25, -0.2) is 27.1 Å². The van der Waals surface area contributed by atoms with Crippen molar-refractivity contribution in [2.75, 3.05) is 29.7 Å². The number of nitrogens with zero attached hydrogens (tertiary/aromatic N) is 3. The molecule has 1 atom stereocenters. The molecule has 0 amide bonds. The Morgan fingerprint density at radius 2 is 2.19 bits per heavy atom. The van der Waals surface area contributed by atoms with E-state index in [4.69, 9.17) is 9.41 Å². The van der Waals surface area contributed by atoms with Crippen LogP contribution in [0.25, 0.3) is 0 Å². The summed E-state index contributed by atoms with van der Waals surface area (Å²) < 4.78 is 55.4. The SMILES string of the molecule is N=S(=O)(CF)NCCCNc1nonc1C(=NI)Nc1ccc(F)c(Br)c1. The Morgan fingerprint density at radius 1 is 1.41 bits per heavy atom. The lowest BCUT2D eigenvalue weighted by atomic mass is 10.3. The van der Waals surface area contributed by atoms with Crippen LogP contribution >= 0.6 is 38.8 Å². The van der Waals surface area contributed by atoms with Crippen molar-refractivity contribution in [2.24, 2.45) is 3.21 Å². The van der Waals surface area contributed by atoms with Gasteiger partial charge in [0, 0.05) is 18.8 Å². The van der Waals surface area contributed by atoms with Crippen molar-refractivity contribution in [3.63, 3.8) is 0 Å². The Labute approximate surface area is 176 Å². The quantitative estimate of drug-likeness (QED) is 0.156. The molecular weight excluding hydrogens is 563 g/mol. The summed E-state index contributed by atoms with van der Waals surface area (Å²) in [5, 5.41) is 13.5. The number of halogens is 4. The van der Waals surface area contributed by atoms with E-state index in [0.717, 1.165) is 0 Å². The van der Waals surface area contributed by atoms with E-state index < -0.39 is 21.7 Å². The van der Waals surface area contributed by atoms with Gasteiger partial charge in [-0.15, -0.1) is 0 Å². The molecule has 0 aliphatic heterocycles. The highest BCUT2D eigenvalue weighted by molar-refractivity contribution is 14.1. The van der Waals surface area contributed by atoms with E-state index in [9.17, 15) is 13.0 Å². The molecule has 148 valence electrons. The number of hydrogen-bond donors (Lipinski definition) is 4. The monoisotopic (exact) mass is 577 g/mol. The lowest BCUT2D eigenvalue weighted by Crippen LogP contribution is -2.26. The number of nitrogens with one attached hydrogen (secondary N) is 4. The van der Waals surface area contributed by atoms with Crippen molar-refractivity contribution in [1.29, 1.82) is 4.78 Å². The average Bonchev–Trinajstić information content (AvgIpc) is 3.10. The third-order valence-corrected chi connectivity index (χ3v) is 5.18. The number of anilines is 2. The zero-order valence-corrected chi connectivity index (χ0v) is 18.2. The highest BCUT2D eigenvalue weighted by atomic mass is 127. The molecule has 2 aromatic rings. The van der Waals surface area contributed by atoms with E-state index in [-0.39, 0.29) is 6.54 Å². The first-order valence-electron chi connectivity index (χ1n) is 7.41. The van der Waals surface area contributed by atoms with Crippen LogP contribution in [0.2, 0.25) is 0 Å². The van der Waals surface area contributed by atoms with Crippen LogP contribution in [0.1, 0.15) is 12.1 Å². The zero-order valence-electron chi connectivity index (χ0n) is 13.6. The topological polar surface area (TPSA) is 128 Å². The third-order valence-electron chi connectivity index (χ3n) is 3.11. The number of rotatable bonds is 9. The normalized spacial score (nSPS) is 14.0. The molecule has 1 unspecified atom stereocenters. The van der Waals surface area contributed by atoms with Crippen molar-refractivity contribution in [3.05, 3.63) is 34.2 Å². The molecule has 9 nitrogen and oxygen atoms in total. The fourth-order valence-electron chi connectivity index (χ4n) is 1.86. The third kappa shape index (κ3) is 6.62. The Morgan fingerprint density at radius 3 is 2.85 bits per heavy atom. The minimum absolute atomic E-state index is 0.189. The molecule has 0 radical (unpaired) electrons. The van der Waals surface area contributed by atoms with Crippen LogP contribution < -0.4 is 15.4 Å². The molecule has 0 saturated heterocycles. The Balaban J connectivity index is 1.96. The largest absolute Gasteiger partial charge is 0.365 e. The second-order valence-electron chi connectivity index (χ2n) is 5.11. The first kappa shape index (κ1) is 21.9. The van der Waals surface area contributed by atoms with Crippen molar-refractivity contribution in [3.8, 4) is 0 Å². The van der Waals surface area contributed by atoms with Crippen LogP contribution in [-0.2, 0) is 9.92 Å². The van der Waals surface area contributed by atoms with Crippen molar-refractivity contribution < 1.29 is 17.6 Å². The predicted octanol–water partition coefficient (Wildman–Crippen LogP) is 3.46. The van der Waals surface area contributed by atoms with E-state index in [2.05, 4.69) is 44.8 Å². The van der Waals surface area contributed by atoms with Crippen molar-refractivity contribution in [1.82, 2.24) is 15.0 Å². The molecule has 4 N–H and O–H groups in total. The highest BCUT2D eigenvalue weighted by Gasteiger charge is 2.17. The molecule has 1 aromatic heterocycles. The van der Waals surface area contributed by atoms with E-state index in [1.807, 2.05) is 0 Å². The van der Waals surface area contributed by atoms with Gasteiger partial charge in [0.05, 0.1) is 27.3 Å². The molecular formula is C13H15BrF2IN7O2S. The summed E-state index contributed by atoms with van der Waals surface area (Å²) in [5.74, 6) is 0.260. The predicted molar refractivity (Wildman–Crippen MR) is 111 cm³/mol. The molecule has 0 saturated carbocycles. The molecule has 1 heterocycles.